The molecule has 0 unspecified atom stereocenters. The van der Waals surface area contributed by atoms with Gasteiger partial charge in [0.1, 0.15) is 0 Å². The Labute approximate surface area is 167 Å². The number of hydrogen-bond donors (Lipinski definition) is 0. The summed E-state index contributed by atoms with van der Waals surface area (Å²) < 4.78 is 0. The summed E-state index contributed by atoms with van der Waals surface area (Å²) in [6, 6.07) is 0. The molecular formula is C26H48. The van der Waals surface area contributed by atoms with Gasteiger partial charge in [0.25, 0.3) is 0 Å². The predicted octanol–water partition coefficient (Wildman–Crippen LogP) is 9.24. The van der Waals surface area contributed by atoms with E-state index >= 15 is 0 Å². The molecular weight excluding hydrogens is 312 g/mol. The van der Waals surface area contributed by atoms with Gasteiger partial charge in [-0.15, -0.1) is 11.8 Å². The quantitative estimate of drug-likeness (QED) is 0.150. The molecule has 0 fully saturated rings. The molecule has 0 saturated heterocycles. The van der Waals surface area contributed by atoms with E-state index in [2.05, 4.69) is 25.7 Å². The molecule has 0 aromatic heterocycles. The molecule has 0 rings (SSSR count). The molecule has 0 nitrogen and oxygen atoms in total. The third-order valence-corrected chi connectivity index (χ3v) is 5.23. The summed E-state index contributed by atoms with van der Waals surface area (Å²) in [5.41, 5.74) is 0. The Kier molecular flexibility index (Phi) is 24.1. The van der Waals surface area contributed by atoms with Crippen molar-refractivity contribution in [2.75, 3.05) is 0 Å². The fraction of sp³-hybridized carbons (Fsp3) is 0.846. The molecule has 0 saturated carbocycles. The number of unbranched alkanes of at least 4 members (excludes halogenated alkanes) is 20. The predicted molar refractivity (Wildman–Crippen MR) is 120 cm³/mol. The van der Waals surface area contributed by atoms with Crippen molar-refractivity contribution in [2.24, 2.45) is 0 Å². The van der Waals surface area contributed by atoms with Gasteiger partial charge in [0.05, 0.1) is 0 Å². The average Bonchev–Trinajstić information content (AvgIpc) is 2.66. The highest BCUT2D eigenvalue weighted by Crippen LogP contribution is 2.12. The van der Waals surface area contributed by atoms with Crippen LogP contribution in [-0.4, -0.2) is 0 Å². The first kappa shape index (κ1) is 25.6. The molecule has 2 radical (unpaired) electrons. The van der Waals surface area contributed by atoms with E-state index in [1.807, 2.05) is 0 Å². The van der Waals surface area contributed by atoms with Gasteiger partial charge in [-0.25, -0.2) is 0 Å². The monoisotopic (exact) mass is 360 g/mol. The second kappa shape index (κ2) is 24.6. The molecule has 0 heterocycles. The van der Waals surface area contributed by atoms with Crippen molar-refractivity contribution in [2.45, 2.75) is 141 Å². The van der Waals surface area contributed by atoms with E-state index in [9.17, 15) is 0 Å². The maximum absolute atomic E-state index is 3.90. The van der Waals surface area contributed by atoms with Crippen molar-refractivity contribution in [1.82, 2.24) is 0 Å². The van der Waals surface area contributed by atoms with Gasteiger partial charge in [0.2, 0.25) is 0 Å². The molecule has 0 spiro atoms. The normalized spacial score (nSPS) is 10.7. The van der Waals surface area contributed by atoms with Crippen LogP contribution < -0.4 is 0 Å². The van der Waals surface area contributed by atoms with Crippen molar-refractivity contribution in [3.63, 3.8) is 0 Å². The second-order valence-corrected chi connectivity index (χ2v) is 7.92. The molecule has 0 aromatic carbocycles. The first-order valence-electron chi connectivity index (χ1n) is 12.0. The van der Waals surface area contributed by atoms with Gasteiger partial charge in [0.15, 0.2) is 0 Å². The lowest BCUT2D eigenvalue weighted by molar-refractivity contribution is 0.561. The first-order valence-corrected chi connectivity index (χ1v) is 12.0. The van der Waals surface area contributed by atoms with E-state index in [4.69, 9.17) is 0 Å². The van der Waals surface area contributed by atoms with Crippen LogP contribution in [0.1, 0.15) is 141 Å². The van der Waals surface area contributed by atoms with Crippen LogP contribution in [0.4, 0.5) is 0 Å². The largest absolute Gasteiger partial charge is 0.103 e. The maximum Gasteiger partial charge on any atom is 0.00886 e. The minimum atomic E-state index is 1.11. The Balaban J connectivity index is 3.08. The minimum absolute atomic E-state index is 1.11. The lowest BCUT2D eigenvalue weighted by atomic mass is 10.1. The lowest BCUT2D eigenvalue weighted by Crippen LogP contribution is -1.82. The Morgan fingerprint density at radius 3 is 0.808 bits per heavy atom. The highest BCUT2D eigenvalue weighted by atomic mass is 14.0. The fourth-order valence-electron chi connectivity index (χ4n) is 3.43. The molecule has 0 atom stereocenters. The average molecular weight is 361 g/mol. The molecule has 0 aliphatic heterocycles. The van der Waals surface area contributed by atoms with Crippen LogP contribution in [0.25, 0.3) is 0 Å². The van der Waals surface area contributed by atoms with Gasteiger partial charge in [-0.1, -0.05) is 129 Å². The van der Waals surface area contributed by atoms with Crippen molar-refractivity contribution >= 4 is 0 Å². The molecule has 0 bridgehead atoms. The Morgan fingerprint density at radius 2 is 0.538 bits per heavy atom. The highest BCUT2D eigenvalue weighted by Gasteiger charge is 1.93. The van der Waals surface area contributed by atoms with Gasteiger partial charge < -0.3 is 0 Å². The number of rotatable bonds is 20. The molecule has 26 heavy (non-hydrogen) atoms. The lowest BCUT2D eigenvalue weighted by Gasteiger charge is -2.01. The third kappa shape index (κ3) is 23.6. The van der Waals surface area contributed by atoms with Crippen molar-refractivity contribution in [1.29, 1.82) is 0 Å². The third-order valence-electron chi connectivity index (χ3n) is 5.23. The molecule has 0 aromatic rings. The van der Waals surface area contributed by atoms with Crippen LogP contribution in [0.2, 0.25) is 0 Å². The zero-order valence-corrected chi connectivity index (χ0v) is 18.0. The molecule has 152 valence electrons. The second-order valence-electron chi connectivity index (χ2n) is 7.92. The van der Waals surface area contributed by atoms with E-state index < -0.39 is 0 Å². The zero-order valence-electron chi connectivity index (χ0n) is 18.0. The topological polar surface area (TPSA) is 0 Å². The van der Waals surface area contributed by atoms with Crippen LogP contribution in [-0.2, 0) is 0 Å². The fourth-order valence-corrected chi connectivity index (χ4v) is 3.43. The molecule has 0 N–H and O–H groups in total. The molecule has 0 aliphatic carbocycles. The van der Waals surface area contributed by atoms with E-state index in [1.165, 1.54) is 116 Å². The Hall–Kier alpha value is -0.440. The summed E-state index contributed by atoms with van der Waals surface area (Å²) in [4.78, 5) is 0. The van der Waals surface area contributed by atoms with Gasteiger partial charge in [0, 0.05) is 12.8 Å². The summed E-state index contributed by atoms with van der Waals surface area (Å²) >= 11 is 0. The van der Waals surface area contributed by atoms with Crippen LogP contribution >= 0.6 is 0 Å². The van der Waals surface area contributed by atoms with Crippen LogP contribution in [0, 0.1) is 25.7 Å². The molecule has 0 amide bonds. The summed E-state index contributed by atoms with van der Waals surface area (Å²) in [5, 5.41) is 0. The Bertz CT molecular complexity index is 265. The Morgan fingerprint density at radius 1 is 0.308 bits per heavy atom. The summed E-state index contributed by atoms with van der Waals surface area (Å²) in [6.07, 6.45) is 29.4. The van der Waals surface area contributed by atoms with Gasteiger partial charge in [-0.05, 0) is 12.8 Å². The van der Waals surface area contributed by atoms with E-state index in [-0.39, 0.29) is 0 Å². The van der Waals surface area contributed by atoms with E-state index in [1.54, 1.807) is 0 Å². The minimum Gasteiger partial charge on any atom is -0.103 e. The van der Waals surface area contributed by atoms with E-state index in [0.717, 1.165) is 25.7 Å². The van der Waals surface area contributed by atoms with Crippen molar-refractivity contribution in [3.8, 4) is 11.8 Å². The highest BCUT2D eigenvalue weighted by molar-refractivity contribution is 4.98. The summed E-state index contributed by atoms with van der Waals surface area (Å²) in [7, 11) is 0. The number of hydrogen-bond acceptors (Lipinski definition) is 0. The maximum atomic E-state index is 3.90. The standard InChI is InChI=1S/C26H48/c1-3-5-7-9-11-13-15-17-19-21-23-25-26-24-22-20-18-16-14-12-10-8-6-4-2/h1-24H2. The SMILES string of the molecule is [CH2]CCCCCCCCCCCC#CCCCCCCCCCCC[CH2]. The van der Waals surface area contributed by atoms with Gasteiger partial charge in [-0.2, -0.15) is 0 Å². The van der Waals surface area contributed by atoms with Crippen LogP contribution in [0.15, 0.2) is 0 Å². The van der Waals surface area contributed by atoms with Crippen LogP contribution in [0.5, 0.6) is 0 Å². The van der Waals surface area contributed by atoms with Crippen molar-refractivity contribution < 1.29 is 0 Å². The summed E-state index contributed by atoms with van der Waals surface area (Å²) in [6.45, 7) is 7.80. The van der Waals surface area contributed by atoms with Gasteiger partial charge >= 0.3 is 0 Å². The van der Waals surface area contributed by atoms with Crippen LogP contribution in [0.3, 0.4) is 0 Å². The molecule has 0 heteroatoms. The zero-order chi connectivity index (χ0) is 19.0. The first-order chi connectivity index (χ1) is 12.9. The van der Waals surface area contributed by atoms with Crippen molar-refractivity contribution in [3.05, 3.63) is 13.8 Å². The smallest absolute Gasteiger partial charge is 0.00886 e. The van der Waals surface area contributed by atoms with Gasteiger partial charge in [-0.3, -0.25) is 0 Å². The van der Waals surface area contributed by atoms with E-state index in [0.29, 0.717) is 0 Å². The summed E-state index contributed by atoms with van der Waals surface area (Å²) in [5.74, 6) is 6.76. The molecule has 0 aliphatic rings.